The van der Waals surface area contributed by atoms with E-state index in [0.717, 1.165) is 12.8 Å². The van der Waals surface area contributed by atoms with Gasteiger partial charge < -0.3 is 19.7 Å². The van der Waals surface area contributed by atoms with Crippen LogP contribution in [0.3, 0.4) is 0 Å². The first-order chi connectivity index (χ1) is 6.33. The van der Waals surface area contributed by atoms with E-state index in [4.69, 9.17) is 9.47 Å². The second-order valence-electron chi connectivity index (χ2n) is 5.23. The summed E-state index contributed by atoms with van der Waals surface area (Å²) in [6, 6.07) is 0. The average Bonchev–Trinajstić information content (AvgIpc) is 2.12. The molecule has 1 aliphatic heterocycles. The zero-order chi connectivity index (χ0) is 10.2. The van der Waals surface area contributed by atoms with Gasteiger partial charge in [0.1, 0.15) is 11.2 Å². The molecule has 4 atom stereocenters. The lowest BCUT2D eigenvalue weighted by Gasteiger charge is -2.69. The van der Waals surface area contributed by atoms with E-state index in [1.165, 1.54) is 0 Å². The number of hydrogen-bond acceptors (Lipinski definition) is 4. The molecule has 1 saturated heterocycles. The number of rotatable bonds is 0. The van der Waals surface area contributed by atoms with Crippen molar-refractivity contribution in [3.05, 3.63) is 0 Å². The third-order valence-corrected chi connectivity index (χ3v) is 4.32. The lowest BCUT2D eigenvalue weighted by Crippen LogP contribution is -2.81. The minimum atomic E-state index is -1.19. The van der Waals surface area contributed by atoms with Crippen molar-refractivity contribution < 1.29 is 19.7 Å². The molecule has 3 fully saturated rings. The molecule has 0 aromatic heterocycles. The SMILES string of the molecule is CC12CCC1(O)OC1(C)CCC1(O)O2. The Balaban J connectivity index is 1.97. The Bertz CT molecular complexity index is 248. The van der Waals surface area contributed by atoms with Crippen LogP contribution in [0.5, 0.6) is 0 Å². The zero-order valence-corrected chi connectivity index (χ0v) is 8.54. The smallest absolute Gasteiger partial charge is 0.195 e. The maximum Gasteiger partial charge on any atom is 0.195 e. The predicted octanol–water partition coefficient (Wildman–Crippen LogP) is 0.515. The molecule has 0 bridgehead atoms. The van der Waals surface area contributed by atoms with Gasteiger partial charge in [0.15, 0.2) is 11.6 Å². The van der Waals surface area contributed by atoms with Crippen LogP contribution in [0.25, 0.3) is 0 Å². The van der Waals surface area contributed by atoms with Gasteiger partial charge in [-0.25, -0.2) is 0 Å². The Kier molecular flexibility index (Phi) is 1.31. The summed E-state index contributed by atoms with van der Waals surface area (Å²) in [6.45, 7) is 3.60. The molecule has 1 heterocycles. The summed E-state index contributed by atoms with van der Waals surface area (Å²) in [5.74, 6) is -2.37. The fourth-order valence-corrected chi connectivity index (χ4v) is 2.71. The molecule has 0 aromatic carbocycles. The molecule has 0 spiro atoms. The van der Waals surface area contributed by atoms with Gasteiger partial charge in [-0.1, -0.05) is 0 Å². The fourth-order valence-electron chi connectivity index (χ4n) is 2.71. The first kappa shape index (κ1) is 9.09. The van der Waals surface area contributed by atoms with Gasteiger partial charge in [0.05, 0.1) is 0 Å². The van der Waals surface area contributed by atoms with Crippen molar-refractivity contribution in [2.75, 3.05) is 0 Å². The van der Waals surface area contributed by atoms with Crippen molar-refractivity contribution >= 4 is 0 Å². The van der Waals surface area contributed by atoms with E-state index < -0.39 is 22.8 Å². The standard InChI is InChI=1S/C10H16O4/c1-7-3-5-9(7,11)14-8(2)4-6-10(8,12)13-7/h11-12H,3-6H2,1-2H3. The molecule has 4 nitrogen and oxygen atoms in total. The largest absolute Gasteiger partial charge is 0.363 e. The highest BCUT2D eigenvalue weighted by atomic mass is 16.8. The van der Waals surface area contributed by atoms with E-state index in [1.54, 1.807) is 13.8 Å². The second-order valence-corrected chi connectivity index (χ2v) is 5.23. The molecular weight excluding hydrogens is 184 g/mol. The van der Waals surface area contributed by atoms with E-state index in [-0.39, 0.29) is 0 Å². The molecule has 14 heavy (non-hydrogen) atoms. The minimum absolute atomic E-state index is 0.592. The lowest BCUT2D eigenvalue weighted by molar-refractivity contribution is -0.535. The number of aliphatic hydroxyl groups is 2. The van der Waals surface area contributed by atoms with Crippen molar-refractivity contribution in [3.63, 3.8) is 0 Å². The molecule has 80 valence electrons. The maximum atomic E-state index is 10.1. The third kappa shape index (κ3) is 0.724. The molecule has 3 aliphatic rings. The van der Waals surface area contributed by atoms with Crippen LogP contribution in [-0.4, -0.2) is 33.0 Å². The van der Waals surface area contributed by atoms with Crippen LogP contribution >= 0.6 is 0 Å². The Morgan fingerprint density at radius 1 is 0.786 bits per heavy atom. The zero-order valence-electron chi connectivity index (χ0n) is 8.54. The molecule has 4 heteroatoms. The van der Waals surface area contributed by atoms with E-state index in [1.807, 2.05) is 0 Å². The van der Waals surface area contributed by atoms with E-state index in [0.29, 0.717) is 12.8 Å². The quantitative estimate of drug-likeness (QED) is 0.598. The average molecular weight is 200 g/mol. The normalized spacial score (nSPS) is 66.0. The van der Waals surface area contributed by atoms with Crippen LogP contribution in [0.2, 0.25) is 0 Å². The molecule has 0 amide bonds. The van der Waals surface area contributed by atoms with E-state index in [2.05, 4.69) is 0 Å². The van der Waals surface area contributed by atoms with Crippen molar-refractivity contribution in [3.8, 4) is 0 Å². The van der Waals surface area contributed by atoms with Crippen molar-refractivity contribution in [1.82, 2.24) is 0 Å². The highest BCUT2D eigenvalue weighted by molar-refractivity contribution is 5.15. The van der Waals surface area contributed by atoms with Gasteiger partial charge in [-0.3, -0.25) is 0 Å². The predicted molar refractivity (Wildman–Crippen MR) is 47.3 cm³/mol. The number of ether oxygens (including phenoxy) is 2. The van der Waals surface area contributed by atoms with Crippen LogP contribution in [0, 0.1) is 0 Å². The van der Waals surface area contributed by atoms with Gasteiger partial charge in [0.25, 0.3) is 0 Å². The highest BCUT2D eigenvalue weighted by Gasteiger charge is 2.74. The topological polar surface area (TPSA) is 58.9 Å². The monoisotopic (exact) mass is 200 g/mol. The molecule has 0 aromatic rings. The van der Waals surface area contributed by atoms with Gasteiger partial charge >= 0.3 is 0 Å². The van der Waals surface area contributed by atoms with Crippen LogP contribution in [0.4, 0.5) is 0 Å². The van der Waals surface area contributed by atoms with E-state index >= 15 is 0 Å². The molecular formula is C10H16O4. The lowest BCUT2D eigenvalue weighted by atomic mass is 9.66. The third-order valence-electron chi connectivity index (χ3n) is 4.32. The van der Waals surface area contributed by atoms with Crippen LogP contribution in [-0.2, 0) is 9.47 Å². The van der Waals surface area contributed by atoms with Gasteiger partial charge in [-0.15, -0.1) is 0 Å². The Morgan fingerprint density at radius 2 is 1.14 bits per heavy atom. The van der Waals surface area contributed by atoms with Gasteiger partial charge in [-0.05, 0) is 26.7 Å². The molecule has 2 N–H and O–H groups in total. The van der Waals surface area contributed by atoms with Gasteiger partial charge in [0, 0.05) is 12.8 Å². The molecule has 4 unspecified atom stereocenters. The second kappa shape index (κ2) is 2.02. The molecule has 2 aliphatic carbocycles. The summed E-state index contributed by atoms with van der Waals surface area (Å²) in [7, 11) is 0. The summed E-state index contributed by atoms with van der Waals surface area (Å²) in [6.07, 6.45) is 2.66. The van der Waals surface area contributed by atoms with Crippen molar-refractivity contribution in [2.45, 2.75) is 62.3 Å². The fraction of sp³-hybridized carbons (Fsp3) is 1.00. The number of fused-ring (bicyclic) bond motifs is 2. The minimum Gasteiger partial charge on any atom is -0.363 e. The van der Waals surface area contributed by atoms with Crippen molar-refractivity contribution in [2.24, 2.45) is 0 Å². The Morgan fingerprint density at radius 3 is 1.36 bits per heavy atom. The summed E-state index contributed by atoms with van der Waals surface area (Å²) >= 11 is 0. The maximum absolute atomic E-state index is 10.1. The van der Waals surface area contributed by atoms with Crippen LogP contribution in [0.1, 0.15) is 39.5 Å². The first-order valence-corrected chi connectivity index (χ1v) is 5.18. The molecule has 3 rings (SSSR count). The van der Waals surface area contributed by atoms with Crippen molar-refractivity contribution in [1.29, 1.82) is 0 Å². The van der Waals surface area contributed by atoms with Crippen LogP contribution in [0.15, 0.2) is 0 Å². The van der Waals surface area contributed by atoms with Crippen LogP contribution < -0.4 is 0 Å². The summed E-state index contributed by atoms with van der Waals surface area (Å²) in [4.78, 5) is 0. The highest BCUT2D eigenvalue weighted by Crippen LogP contribution is 2.61. The Labute approximate surface area is 82.8 Å². The molecule has 2 saturated carbocycles. The summed E-state index contributed by atoms with van der Waals surface area (Å²) in [5, 5.41) is 20.3. The van der Waals surface area contributed by atoms with Gasteiger partial charge in [0.2, 0.25) is 0 Å². The number of hydrogen-bond donors (Lipinski definition) is 2. The summed E-state index contributed by atoms with van der Waals surface area (Å²) in [5.41, 5.74) is -1.44. The Hall–Kier alpha value is -0.160. The van der Waals surface area contributed by atoms with E-state index in [9.17, 15) is 10.2 Å². The molecule has 0 radical (unpaired) electrons. The summed E-state index contributed by atoms with van der Waals surface area (Å²) < 4.78 is 11.3. The van der Waals surface area contributed by atoms with Gasteiger partial charge in [-0.2, -0.15) is 0 Å². The first-order valence-electron chi connectivity index (χ1n) is 5.18.